The normalized spacial score (nSPS) is 39.4. The second-order valence-corrected chi connectivity index (χ2v) is 8.30. The summed E-state index contributed by atoms with van der Waals surface area (Å²) in [7, 11) is 0. The molecule has 2 saturated carbocycles. The number of hydrogen-bond donors (Lipinski definition) is 1. The van der Waals surface area contributed by atoms with Crippen molar-refractivity contribution in [1.82, 2.24) is 10.2 Å². The predicted molar refractivity (Wildman–Crippen MR) is 93.6 cm³/mol. The average molecular weight is 319 g/mol. The van der Waals surface area contributed by atoms with Crippen molar-refractivity contribution in [3.8, 4) is 0 Å². The van der Waals surface area contributed by atoms with Gasteiger partial charge in [-0.2, -0.15) is 0 Å². The van der Waals surface area contributed by atoms with Crippen molar-refractivity contribution in [3.05, 3.63) is 0 Å². The smallest absolute Gasteiger partial charge is 0.194 e. The molecule has 1 N–H and O–H groups in total. The van der Waals surface area contributed by atoms with Gasteiger partial charge in [-0.15, -0.1) is 0 Å². The van der Waals surface area contributed by atoms with Crippen LogP contribution in [0.1, 0.15) is 58.8 Å². The maximum absolute atomic E-state index is 6.13. The maximum Gasteiger partial charge on any atom is 0.194 e. The Bertz CT molecular complexity index is 458. The first-order chi connectivity index (χ1) is 11.2. The van der Waals surface area contributed by atoms with Gasteiger partial charge in [0.2, 0.25) is 0 Å². The quantitative estimate of drug-likeness (QED) is 0.628. The van der Waals surface area contributed by atoms with Crippen LogP contribution < -0.4 is 5.32 Å². The number of fused-ring (bicyclic) bond motifs is 2. The van der Waals surface area contributed by atoms with Gasteiger partial charge in [0.25, 0.3) is 0 Å². The summed E-state index contributed by atoms with van der Waals surface area (Å²) < 4.78 is 6.13. The summed E-state index contributed by atoms with van der Waals surface area (Å²) in [5.74, 6) is 2.69. The maximum atomic E-state index is 6.13. The van der Waals surface area contributed by atoms with Crippen LogP contribution in [0.25, 0.3) is 0 Å². The van der Waals surface area contributed by atoms with Crippen LogP contribution >= 0.6 is 0 Å². The molecule has 1 spiro atoms. The van der Waals surface area contributed by atoms with Crippen LogP contribution in [-0.4, -0.2) is 49.2 Å². The largest absolute Gasteiger partial charge is 0.377 e. The van der Waals surface area contributed by atoms with E-state index in [2.05, 4.69) is 24.1 Å². The molecule has 4 atom stereocenters. The van der Waals surface area contributed by atoms with Crippen molar-refractivity contribution in [2.24, 2.45) is 22.2 Å². The van der Waals surface area contributed by atoms with E-state index in [0.717, 1.165) is 31.5 Å². The third kappa shape index (κ3) is 2.57. The Hall–Kier alpha value is -0.770. The minimum atomic E-state index is 0.414. The molecule has 4 rings (SSSR count). The van der Waals surface area contributed by atoms with Crippen LogP contribution in [0.15, 0.2) is 4.99 Å². The fourth-order valence-electron chi connectivity index (χ4n) is 5.81. The number of guanidine groups is 1. The topological polar surface area (TPSA) is 36.9 Å². The third-order valence-corrected chi connectivity index (χ3v) is 6.84. The van der Waals surface area contributed by atoms with Crippen LogP contribution in [0, 0.1) is 17.3 Å². The minimum absolute atomic E-state index is 0.414. The van der Waals surface area contributed by atoms with E-state index in [1.807, 2.05) is 0 Å². The van der Waals surface area contributed by atoms with Crippen molar-refractivity contribution < 1.29 is 4.74 Å². The van der Waals surface area contributed by atoms with E-state index < -0.39 is 0 Å². The first kappa shape index (κ1) is 15.7. The number of likely N-dealkylation sites (tertiary alicyclic amines) is 1. The molecular formula is C19H33N3O. The van der Waals surface area contributed by atoms with E-state index in [1.165, 1.54) is 57.5 Å². The molecule has 0 aromatic heterocycles. The highest BCUT2D eigenvalue weighted by Crippen LogP contribution is 2.60. The zero-order valence-electron chi connectivity index (χ0n) is 14.9. The molecule has 130 valence electrons. The number of nitrogens with one attached hydrogen (secondary N) is 1. The molecule has 0 amide bonds. The van der Waals surface area contributed by atoms with Crippen LogP contribution in [0.4, 0.5) is 0 Å². The molecule has 2 aliphatic heterocycles. The van der Waals surface area contributed by atoms with Gasteiger partial charge in [0.05, 0.1) is 6.10 Å². The van der Waals surface area contributed by atoms with Crippen molar-refractivity contribution in [3.63, 3.8) is 0 Å². The molecule has 4 unspecified atom stereocenters. The number of aliphatic imine (C=N–C) groups is 1. The Labute approximate surface area is 141 Å². The Morgan fingerprint density at radius 1 is 1.26 bits per heavy atom. The number of piperidine rings is 1. The van der Waals surface area contributed by atoms with Crippen LogP contribution in [0.2, 0.25) is 0 Å². The Balaban J connectivity index is 1.51. The Morgan fingerprint density at radius 3 is 2.83 bits per heavy atom. The van der Waals surface area contributed by atoms with E-state index in [0.29, 0.717) is 17.6 Å². The summed E-state index contributed by atoms with van der Waals surface area (Å²) in [5, 5.41) is 3.94. The molecule has 2 aliphatic carbocycles. The number of hydrogen-bond acceptors (Lipinski definition) is 2. The summed E-state index contributed by atoms with van der Waals surface area (Å²) in [4.78, 5) is 7.38. The molecular weight excluding hydrogens is 286 g/mol. The Kier molecular flexibility index (Phi) is 4.29. The fraction of sp³-hybridized carbons (Fsp3) is 0.947. The molecule has 23 heavy (non-hydrogen) atoms. The summed E-state index contributed by atoms with van der Waals surface area (Å²) in [6, 6.07) is 0.597. The van der Waals surface area contributed by atoms with Gasteiger partial charge in [-0.05, 0) is 44.9 Å². The molecule has 2 heterocycles. The summed E-state index contributed by atoms with van der Waals surface area (Å²) in [6.45, 7) is 8.70. The fourth-order valence-corrected chi connectivity index (χ4v) is 5.81. The number of rotatable bonds is 2. The van der Waals surface area contributed by atoms with E-state index >= 15 is 0 Å². The van der Waals surface area contributed by atoms with Gasteiger partial charge in [0.15, 0.2) is 5.96 Å². The van der Waals surface area contributed by atoms with Gasteiger partial charge in [0.1, 0.15) is 0 Å². The highest BCUT2D eigenvalue weighted by atomic mass is 16.5. The minimum Gasteiger partial charge on any atom is -0.377 e. The summed E-state index contributed by atoms with van der Waals surface area (Å²) in [5.41, 5.74) is 0.414. The molecule has 2 saturated heterocycles. The van der Waals surface area contributed by atoms with Gasteiger partial charge < -0.3 is 15.0 Å². The monoisotopic (exact) mass is 319 g/mol. The molecule has 0 aromatic carbocycles. The molecule has 4 nitrogen and oxygen atoms in total. The van der Waals surface area contributed by atoms with Crippen molar-refractivity contribution in [2.45, 2.75) is 70.9 Å². The van der Waals surface area contributed by atoms with Gasteiger partial charge >= 0.3 is 0 Å². The van der Waals surface area contributed by atoms with Crippen molar-refractivity contribution in [1.29, 1.82) is 0 Å². The molecule has 4 aliphatic rings. The molecule has 0 radical (unpaired) electrons. The standard InChI is InChI=1S/C19H33N3O/c1-3-20-18(22-11-6-7-14(2)13-22)21-16-15-8-12-23-17(15)19(16)9-4-5-10-19/h14-17H,3-13H2,1-2H3,(H,20,21). The van der Waals surface area contributed by atoms with Crippen LogP contribution in [0.3, 0.4) is 0 Å². The van der Waals surface area contributed by atoms with Gasteiger partial charge in [-0.3, -0.25) is 4.99 Å². The van der Waals surface area contributed by atoms with E-state index in [9.17, 15) is 0 Å². The Morgan fingerprint density at radius 2 is 2.09 bits per heavy atom. The van der Waals surface area contributed by atoms with Gasteiger partial charge in [-0.1, -0.05) is 19.8 Å². The summed E-state index contributed by atoms with van der Waals surface area (Å²) >= 11 is 0. The second kappa shape index (κ2) is 6.27. The van der Waals surface area contributed by atoms with Crippen molar-refractivity contribution in [2.75, 3.05) is 26.2 Å². The molecule has 4 fully saturated rings. The number of ether oxygens (including phenoxy) is 1. The average Bonchev–Trinajstić information content (AvgIpc) is 3.19. The zero-order chi connectivity index (χ0) is 15.9. The predicted octanol–water partition coefficient (Wildman–Crippen LogP) is 3.03. The first-order valence-electron chi connectivity index (χ1n) is 9.92. The first-order valence-corrected chi connectivity index (χ1v) is 9.92. The molecule has 4 heteroatoms. The molecule has 0 bridgehead atoms. The summed E-state index contributed by atoms with van der Waals surface area (Å²) in [6.07, 6.45) is 9.89. The lowest BCUT2D eigenvalue weighted by molar-refractivity contribution is -0.125. The molecule has 0 aromatic rings. The highest BCUT2D eigenvalue weighted by Gasteiger charge is 2.65. The zero-order valence-corrected chi connectivity index (χ0v) is 14.9. The SMILES string of the molecule is CCN=C(NC1C2CCOC2C12CCCC2)N1CCCC(C)C1. The highest BCUT2D eigenvalue weighted by molar-refractivity contribution is 5.80. The van der Waals surface area contributed by atoms with E-state index in [-0.39, 0.29) is 0 Å². The lowest BCUT2D eigenvalue weighted by Gasteiger charge is -2.57. The third-order valence-electron chi connectivity index (χ3n) is 6.84. The van der Waals surface area contributed by atoms with Crippen LogP contribution in [-0.2, 0) is 4.74 Å². The second-order valence-electron chi connectivity index (χ2n) is 8.30. The van der Waals surface area contributed by atoms with E-state index in [4.69, 9.17) is 9.73 Å². The number of nitrogens with zero attached hydrogens (tertiary/aromatic N) is 2. The van der Waals surface area contributed by atoms with Crippen LogP contribution in [0.5, 0.6) is 0 Å². The lowest BCUT2D eigenvalue weighted by Crippen LogP contribution is -2.69. The lowest BCUT2D eigenvalue weighted by atomic mass is 9.54. The van der Waals surface area contributed by atoms with Crippen molar-refractivity contribution >= 4 is 5.96 Å². The van der Waals surface area contributed by atoms with Gasteiger partial charge in [0, 0.05) is 43.6 Å². The van der Waals surface area contributed by atoms with Gasteiger partial charge in [-0.25, -0.2) is 0 Å². The van der Waals surface area contributed by atoms with E-state index in [1.54, 1.807) is 0 Å².